The van der Waals surface area contributed by atoms with Crippen molar-refractivity contribution in [2.45, 2.75) is 32.8 Å². The van der Waals surface area contributed by atoms with E-state index in [9.17, 15) is 5.11 Å². The highest BCUT2D eigenvalue weighted by Gasteiger charge is 2.41. The van der Waals surface area contributed by atoms with Crippen LogP contribution >= 0.6 is 23.1 Å². The van der Waals surface area contributed by atoms with E-state index in [2.05, 4.69) is 32.2 Å². The van der Waals surface area contributed by atoms with Crippen molar-refractivity contribution < 1.29 is 5.11 Å². The van der Waals surface area contributed by atoms with Crippen LogP contribution in [0, 0.1) is 12.3 Å². The minimum absolute atomic E-state index is 0.244. The van der Waals surface area contributed by atoms with E-state index in [0.717, 1.165) is 17.9 Å². The number of thiophene rings is 1. The van der Waals surface area contributed by atoms with Crippen LogP contribution in [-0.2, 0) is 5.60 Å². The number of thioether (sulfide) groups is 1. The number of hydrogen-bond donors (Lipinski definition) is 1. The Hall–Kier alpha value is 0.01000. The summed E-state index contributed by atoms with van der Waals surface area (Å²) in [6.45, 7) is 6.58. The van der Waals surface area contributed by atoms with E-state index in [1.165, 1.54) is 10.4 Å². The summed E-state index contributed by atoms with van der Waals surface area (Å²) in [6, 6.07) is 2.10. The molecule has 2 rings (SSSR count). The number of aliphatic hydroxyl groups is 1. The van der Waals surface area contributed by atoms with E-state index in [1.807, 2.05) is 11.8 Å². The quantitative estimate of drug-likeness (QED) is 0.814. The molecule has 2 heterocycles. The molecule has 1 N–H and O–H groups in total. The minimum atomic E-state index is -0.593. The van der Waals surface area contributed by atoms with Crippen LogP contribution < -0.4 is 0 Å². The molecule has 1 aromatic heterocycles. The normalized spacial score (nSPS) is 30.4. The van der Waals surface area contributed by atoms with Gasteiger partial charge in [0.05, 0.1) is 0 Å². The second-order valence-electron chi connectivity index (χ2n) is 5.30. The van der Waals surface area contributed by atoms with Crippen LogP contribution in [0.3, 0.4) is 0 Å². The molecular weight excluding hydrogens is 224 g/mol. The third-order valence-corrected chi connectivity index (χ3v) is 5.77. The Balaban J connectivity index is 2.31. The van der Waals surface area contributed by atoms with Crippen LogP contribution in [0.5, 0.6) is 0 Å². The van der Waals surface area contributed by atoms with Gasteiger partial charge in [0.15, 0.2) is 0 Å². The van der Waals surface area contributed by atoms with E-state index in [4.69, 9.17) is 0 Å². The van der Waals surface area contributed by atoms with Crippen LogP contribution in [0.4, 0.5) is 0 Å². The standard InChI is InChI=1S/C12H18OS2/c1-9-4-5-15-10(9)12(13)6-11(2,3)7-14-8-12/h4-5,13H,6-8H2,1-3H3. The highest BCUT2D eigenvalue weighted by molar-refractivity contribution is 7.99. The van der Waals surface area contributed by atoms with Crippen molar-refractivity contribution in [3.8, 4) is 0 Å². The fourth-order valence-corrected chi connectivity index (χ4v) is 4.84. The fraction of sp³-hybridized carbons (Fsp3) is 0.667. The first-order chi connectivity index (χ1) is 6.93. The maximum Gasteiger partial charge on any atom is 0.109 e. The van der Waals surface area contributed by atoms with Gasteiger partial charge >= 0.3 is 0 Å². The van der Waals surface area contributed by atoms with E-state index < -0.39 is 5.60 Å². The Morgan fingerprint density at radius 1 is 1.33 bits per heavy atom. The third kappa shape index (κ3) is 2.24. The fourth-order valence-electron chi connectivity index (χ4n) is 2.39. The average molecular weight is 242 g/mol. The van der Waals surface area contributed by atoms with Gasteiger partial charge in [-0.05, 0) is 41.5 Å². The van der Waals surface area contributed by atoms with E-state index in [-0.39, 0.29) is 5.41 Å². The first-order valence-corrected chi connectivity index (χ1v) is 7.31. The Labute approximate surface area is 99.9 Å². The monoisotopic (exact) mass is 242 g/mol. The van der Waals surface area contributed by atoms with Crippen LogP contribution in [0.15, 0.2) is 11.4 Å². The number of rotatable bonds is 1. The van der Waals surface area contributed by atoms with Crippen LogP contribution in [0.1, 0.15) is 30.7 Å². The zero-order chi connectivity index (χ0) is 11.1. The van der Waals surface area contributed by atoms with Gasteiger partial charge in [0.2, 0.25) is 0 Å². The highest BCUT2D eigenvalue weighted by Crippen LogP contribution is 2.46. The Morgan fingerprint density at radius 2 is 2.07 bits per heavy atom. The van der Waals surface area contributed by atoms with Gasteiger partial charge in [0, 0.05) is 10.6 Å². The molecule has 0 spiro atoms. The van der Waals surface area contributed by atoms with Crippen molar-refractivity contribution in [2.75, 3.05) is 11.5 Å². The van der Waals surface area contributed by atoms with Crippen LogP contribution in [-0.4, -0.2) is 16.6 Å². The zero-order valence-electron chi connectivity index (χ0n) is 9.54. The summed E-state index contributed by atoms with van der Waals surface area (Å²) in [5, 5.41) is 12.8. The number of aryl methyl sites for hydroxylation is 1. The first kappa shape index (κ1) is 11.5. The molecule has 0 saturated carbocycles. The lowest BCUT2D eigenvalue weighted by Crippen LogP contribution is -2.39. The van der Waals surface area contributed by atoms with E-state index >= 15 is 0 Å². The Morgan fingerprint density at radius 3 is 2.60 bits per heavy atom. The molecule has 1 unspecified atom stereocenters. The SMILES string of the molecule is Cc1ccsc1C1(O)CSCC(C)(C)C1. The van der Waals surface area contributed by atoms with Gasteiger partial charge in [-0.2, -0.15) is 11.8 Å². The highest BCUT2D eigenvalue weighted by atomic mass is 32.2. The maximum absolute atomic E-state index is 10.7. The molecule has 1 fully saturated rings. The van der Waals surface area contributed by atoms with E-state index in [0.29, 0.717) is 0 Å². The molecule has 3 heteroatoms. The molecule has 1 aliphatic heterocycles. The summed E-state index contributed by atoms with van der Waals surface area (Å²) >= 11 is 3.56. The zero-order valence-corrected chi connectivity index (χ0v) is 11.2. The van der Waals surface area contributed by atoms with Crippen molar-refractivity contribution in [1.82, 2.24) is 0 Å². The maximum atomic E-state index is 10.7. The molecular formula is C12H18OS2. The second-order valence-corrected chi connectivity index (χ2v) is 7.20. The lowest BCUT2D eigenvalue weighted by Gasteiger charge is -2.41. The van der Waals surface area contributed by atoms with Crippen LogP contribution in [0.25, 0.3) is 0 Å². The topological polar surface area (TPSA) is 20.2 Å². The lowest BCUT2D eigenvalue weighted by molar-refractivity contribution is 0.0185. The smallest absolute Gasteiger partial charge is 0.109 e. The Kier molecular flexibility index (Phi) is 2.91. The lowest BCUT2D eigenvalue weighted by atomic mass is 9.80. The molecule has 84 valence electrons. The number of hydrogen-bond acceptors (Lipinski definition) is 3. The first-order valence-electron chi connectivity index (χ1n) is 5.28. The molecule has 1 saturated heterocycles. The average Bonchev–Trinajstić information content (AvgIpc) is 2.49. The molecule has 0 radical (unpaired) electrons. The summed E-state index contributed by atoms with van der Waals surface area (Å²) in [5.74, 6) is 2.00. The van der Waals surface area contributed by atoms with Gasteiger partial charge in [0.1, 0.15) is 5.60 Å². The second kappa shape index (κ2) is 3.79. The summed E-state index contributed by atoms with van der Waals surface area (Å²) in [7, 11) is 0. The van der Waals surface area contributed by atoms with Gasteiger partial charge < -0.3 is 5.11 Å². The largest absolute Gasteiger partial charge is 0.383 e. The predicted molar refractivity (Wildman–Crippen MR) is 68.7 cm³/mol. The van der Waals surface area contributed by atoms with Crippen molar-refractivity contribution >= 4 is 23.1 Å². The summed E-state index contributed by atoms with van der Waals surface area (Å²) in [5.41, 5.74) is 0.888. The van der Waals surface area contributed by atoms with Crippen LogP contribution in [0.2, 0.25) is 0 Å². The molecule has 0 aromatic carbocycles. The van der Waals surface area contributed by atoms with Crippen molar-refractivity contribution in [3.05, 3.63) is 21.9 Å². The molecule has 0 aliphatic carbocycles. The minimum Gasteiger partial charge on any atom is -0.383 e. The van der Waals surface area contributed by atoms with Crippen molar-refractivity contribution in [2.24, 2.45) is 5.41 Å². The molecule has 1 atom stereocenters. The van der Waals surface area contributed by atoms with Crippen molar-refractivity contribution in [1.29, 1.82) is 0 Å². The molecule has 1 aromatic rings. The summed E-state index contributed by atoms with van der Waals surface area (Å²) in [6.07, 6.45) is 0.883. The Bertz CT molecular complexity index is 356. The summed E-state index contributed by atoms with van der Waals surface area (Å²) < 4.78 is 0. The predicted octanol–water partition coefficient (Wildman–Crippen LogP) is 3.41. The third-order valence-electron chi connectivity index (χ3n) is 2.89. The van der Waals surface area contributed by atoms with Gasteiger partial charge in [-0.25, -0.2) is 0 Å². The molecule has 0 bridgehead atoms. The van der Waals surface area contributed by atoms with E-state index in [1.54, 1.807) is 11.3 Å². The summed E-state index contributed by atoms with van der Waals surface area (Å²) in [4.78, 5) is 1.17. The van der Waals surface area contributed by atoms with Gasteiger partial charge in [-0.15, -0.1) is 11.3 Å². The molecule has 1 nitrogen and oxygen atoms in total. The molecule has 15 heavy (non-hydrogen) atoms. The van der Waals surface area contributed by atoms with Gasteiger partial charge in [0.25, 0.3) is 0 Å². The van der Waals surface area contributed by atoms with Gasteiger partial charge in [-0.3, -0.25) is 0 Å². The molecule has 1 aliphatic rings. The van der Waals surface area contributed by atoms with Gasteiger partial charge in [-0.1, -0.05) is 13.8 Å². The van der Waals surface area contributed by atoms with Crippen molar-refractivity contribution in [3.63, 3.8) is 0 Å². The molecule has 0 amide bonds.